The Kier molecular flexibility index (Phi) is 5.01. The highest BCUT2D eigenvalue weighted by Crippen LogP contribution is 2.33. The number of pyridine rings is 1. The SMILES string of the molecule is CN1CCN(C(=O)[C@@H]2CC[C@H]3[C@H](CCN3Cc3cccnc3)O2)CC1. The highest BCUT2D eigenvalue weighted by molar-refractivity contribution is 5.81. The Morgan fingerprint density at radius 1 is 1.20 bits per heavy atom. The van der Waals surface area contributed by atoms with Crippen LogP contribution in [0.1, 0.15) is 24.8 Å². The Bertz CT molecular complexity index is 588. The van der Waals surface area contributed by atoms with Crippen molar-refractivity contribution in [3.05, 3.63) is 30.1 Å². The molecule has 0 bridgehead atoms. The Morgan fingerprint density at radius 3 is 2.80 bits per heavy atom. The number of likely N-dealkylation sites (tertiary alicyclic amines) is 1. The van der Waals surface area contributed by atoms with Crippen molar-refractivity contribution in [3.63, 3.8) is 0 Å². The summed E-state index contributed by atoms with van der Waals surface area (Å²) in [5.41, 5.74) is 1.25. The Balaban J connectivity index is 1.33. The number of ether oxygens (including phenoxy) is 1. The number of hydrogen-bond donors (Lipinski definition) is 0. The molecule has 0 N–H and O–H groups in total. The zero-order chi connectivity index (χ0) is 17.2. The summed E-state index contributed by atoms with van der Waals surface area (Å²) in [5.74, 6) is 0.206. The number of rotatable bonds is 3. The second-order valence-corrected chi connectivity index (χ2v) is 7.56. The van der Waals surface area contributed by atoms with Crippen LogP contribution in [-0.4, -0.2) is 83.6 Å². The van der Waals surface area contributed by atoms with Crippen LogP contribution in [0.2, 0.25) is 0 Å². The van der Waals surface area contributed by atoms with E-state index >= 15 is 0 Å². The second-order valence-electron chi connectivity index (χ2n) is 7.56. The third kappa shape index (κ3) is 3.71. The molecular formula is C19H28N4O2. The predicted molar refractivity (Wildman–Crippen MR) is 95.0 cm³/mol. The highest BCUT2D eigenvalue weighted by atomic mass is 16.5. The molecule has 0 radical (unpaired) electrons. The van der Waals surface area contributed by atoms with Gasteiger partial charge in [0.05, 0.1) is 6.10 Å². The van der Waals surface area contributed by atoms with E-state index in [-0.39, 0.29) is 18.1 Å². The largest absolute Gasteiger partial charge is 0.363 e. The predicted octanol–water partition coefficient (Wildman–Crippen LogP) is 0.977. The monoisotopic (exact) mass is 344 g/mol. The van der Waals surface area contributed by atoms with E-state index in [0.29, 0.717) is 6.04 Å². The lowest BCUT2D eigenvalue weighted by molar-refractivity contribution is -0.156. The molecule has 0 aromatic carbocycles. The molecule has 0 unspecified atom stereocenters. The number of carbonyl (C=O) groups excluding carboxylic acids is 1. The number of piperazine rings is 1. The van der Waals surface area contributed by atoms with E-state index in [4.69, 9.17) is 4.74 Å². The van der Waals surface area contributed by atoms with E-state index in [1.54, 1.807) is 0 Å². The topological polar surface area (TPSA) is 48.9 Å². The first-order valence-electron chi connectivity index (χ1n) is 9.46. The lowest BCUT2D eigenvalue weighted by Gasteiger charge is -2.39. The van der Waals surface area contributed by atoms with Crippen LogP contribution < -0.4 is 0 Å². The van der Waals surface area contributed by atoms with Crippen LogP contribution >= 0.6 is 0 Å². The zero-order valence-corrected chi connectivity index (χ0v) is 15.0. The molecular weight excluding hydrogens is 316 g/mol. The number of likely N-dealkylation sites (N-methyl/N-ethyl adjacent to an activating group) is 1. The fourth-order valence-electron chi connectivity index (χ4n) is 4.35. The van der Waals surface area contributed by atoms with Gasteiger partial charge in [-0.1, -0.05) is 6.07 Å². The van der Waals surface area contributed by atoms with Gasteiger partial charge in [-0.2, -0.15) is 0 Å². The van der Waals surface area contributed by atoms with Crippen molar-refractivity contribution in [2.24, 2.45) is 0 Å². The Hall–Kier alpha value is -1.50. The van der Waals surface area contributed by atoms with Crippen LogP contribution in [0.4, 0.5) is 0 Å². The molecule has 3 aliphatic rings. The minimum absolute atomic E-state index is 0.201. The molecule has 4 rings (SSSR count). The van der Waals surface area contributed by atoms with Gasteiger partial charge in [0.2, 0.25) is 0 Å². The molecule has 0 saturated carbocycles. The van der Waals surface area contributed by atoms with Gasteiger partial charge in [0.1, 0.15) is 6.10 Å². The quantitative estimate of drug-likeness (QED) is 0.818. The van der Waals surface area contributed by atoms with E-state index in [2.05, 4.69) is 27.9 Å². The van der Waals surface area contributed by atoms with Gasteiger partial charge < -0.3 is 14.5 Å². The summed E-state index contributed by atoms with van der Waals surface area (Å²) in [6, 6.07) is 4.56. The molecule has 6 heteroatoms. The van der Waals surface area contributed by atoms with E-state index in [1.165, 1.54) is 5.56 Å². The van der Waals surface area contributed by atoms with Crippen LogP contribution in [0.5, 0.6) is 0 Å². The Labute approximate surface area is 149 Å². The van der Waals surface area contributed by atoms with E-state index in [9.17, 15) is 4.79 Å². The minimum atomic E-state index is -0.233. The summed E-state index contributed by atoms with van der Waals surface area (Å²) in [6.07, 6.45) is 6.64. The molecule has 1 aromatic rings. The van der Waals surface area contributed by atoms with Gasteiger partial charge in [-0.25, -0.2) is 0 Å². The fourth-order valence-corrected chi connectivity index (χ4v) is 4.35. The summed E-state index contributed by atoms with van der Waals surface area (Å²) < 4.78 is 6.26. The third-order valence-corrected chi connectivity index (χ3v) is 5.86. The lowest BCUT2D eigenvalue weighted by Crippen LogP contribution is -2.53. The first-order chi connectivity index (χ1) is 12.2. The maximum atomic E-state index is 12.8. The summed E-state index contributed by atoms with van der Waals surface area (Å²) >= 11 is 0. The molecule has 136 valence electrons. The molecule has 25 heavy (non-hydrogen) atoms. The number of nitrogens with zero attached hydrogens (tertiary/aromatic N) is 4. The second kappa shape index (κ2) is 7.40. The average molecular weight is 344 g/mol. The fraction of sp³-hybridized carbons (Fsp3) is 0.684. The van der Waals surface area contributed by atoms with Crippen LogP contribution in [0, 0.1) is 0 Å². The number of aromatic nitrogens is 1. The van der Waals surface area contributed by atoms with Gasteiger partial charge in [-0.15, -0.1) is 0 Å². The maximum absolute atomic E-state index is 12.8. The number of carbonyl (C=O) groups is 1. The molecule has 6 nitrogen and oxygen atoms in total. The molecule has 3 atom stereocenters. The third-order valence-electron chi connectivity index (χ3n) is 5.86. The molecule has 1 amide bonds. The van der Waals surface area contributed by atoms with E-state index in [1.807, 2.05) is 23.4 Å². The van der Waals surface area contributed by atoms with Crippen molar-refractivity contribution in [2.75, 3.05) is 39.8 Å². The smallest absolute Gasteiger partial charge is 0.251 e. The van der Waals surface area contributed by atoms with Gasteiger partial charge in [0.15, 0.2) is 0 Å². The van der Waals surface area contributed by atoms with E-state index in [0.717, 1.165) is 58.5 Å². The van der Waals surface area contributed by atoms with Gasteiger partial charge in [-0.3, -0.25) is 14.7 Å². The van der Waals surface area contributed by atoms with Crippen molar-refractivity contribution >= 4 is 5.91 Å². The van der Waals surface area contributed by atoms with Crippen molar-refractivity contribution in [1.82, 2.24) is 19.7 Å². The van der Waals surface area contributed by atoms with Crippen molar-refractivity contribution in [1.29, 1.82) is 0 Å². The van der Waals surface area contributed by atoms with Crippen LogP contribution in [-0.2, 0) is 16.1 Å². The van der Waals surface area contributed by atoms with Crippen molar-refractivity contribution in [3.8, 4) is 0 Å². The van der Waals surface area contributed by atoms with Crippen LogP contribution in [0.25, 0.3) is 0 Å². The molecule has 4 heterocycles. The molecule has 0 spiro atoms. The van der Waals surface area contributed by atoms with Crippen LogP contribution in [0.15, 0.2) is 24.5 Å². The number of amides is 1. The molecule has 3 aliphatic heterocycles. The normalized spacial score (nSPS) is 31.1. The summed E-state index contributed by atoms with van der Waals surface area (Å²) in [5, 5.41) is 0. The maximum Gasteiger partial charge on any atom is 0.251 e. The molecule has 1 aromatic heterocycles. The standard InChI is InChI=1S/C19H28N4O2/c1-21-9-11-22(12-10-21)19(24)18-5-4-16-17(25-18)6-8-23(16)14-15-3-2-7-20-13-15/h2-3,7,13,16-18H,4-6,8-12,14H2,1H3/t16-,17-,18-/m0/s1. The minimum Gasteiger partial charge on any atom is -0.363 e. The first kappa shape index (κ1) is 16.9. The van der Waals surface area contributed by atoms with Gasteiger partial charge >= 0.3 is 0 Å². The summed E-state index contributed by atoms with van der Waals surface area (Å²) in [4.78, 5) is 23.8. The molecule has 3 saturated heterocycles. The number of fused-ring (bicyclic) bond motifs is 1. The average Bonchev–Trinajstić information content (AvgIpc) is 3.05. The summed E-state index contributed by atoms with van der Waals surface area (Å²) in [6.45, 7) is 5.55. The van der Waals surface area contributed by atoms with Crippen molar-refractivity contribution < 1.29 is 9.53 Å². The molecule has 0 aliphatic carbocycles. The zero-order valence-electron chi connectivity index (χ0n) is 15.0. The van der Waals surface area contributed by atoms with Gasteiger partial charge in [0, 0.05) is 57.7 Å². The van der Waals surface area contributed by atoms with Gasteiger partial charge in [0.25, 0.3) is 5.91 Å². The van der Waals surface area contributed by atoms with Gasteiger partial charge in [-0.05, 0) is 37.9 Å². The summed E-state index contributed by atoms with van der Waals surface area (Å²) in [7, 11) is 2.11. The van der Waals surface area contributed by atoms with Crippen LogP contribution in [0.3, 0.4) is 0 Å². The van der Waals surface area contributed by atoms with E-state index < -0.39 is 0 Å². The Morgan fingerprint density at radius 2 is 2.04 bits per heavy atom. The molecule has 3 fully saturated rings. The number of hydrogen-bond acceptors (Lipinski definition) is 5. The lowest BCUT2D eigenvalue weighted by atomic mass is 9.98. The van der Waals surface area contributed by atoms with Crippen molar-refractivity contribution in [2.45, 2.75) is 44.1 Å². The highest BCUT2D eigenvalue weighted by Gasteiger charge is 2.42. The first-order valence-corrected chi connectivity index (χ1v) is 9.46.